The van der Waals surface area contributed by atoms with Gasteiger partial charge in [0.1, 0.15) is 0 Å². The van der Waals surface area contributed by atoms with Crippen LogP contribution >= 0.6 is 23.2 Å². The Kier molecular flexibility index (Phi) is 4.86. The standard InChI is InChI=1S/C10H7Cl2N3/c11-9-4-5-10(12)8(7-9)3-1-2-6-14-15-13/h4-5,7H,2,6H2. The summed E-state index contributed by atoms with van der Waals surface area (Å²) in [7, 11) is 0. The van der Waals surface area contributed by atoms with Gasteiger partial charge in [-0.05, 0) is 23.7 Å². The minimum Gasteiger partial charge on any atom is -0.0977 e. The van der Waals surface area contributed by atoms with Gasteiger partial charge < -0.3 is 0 Å². The Hall–Kier alpha value is -1.33. The van der Waals surface area contributed by atoms with Crippen LogP contribution in [-0.4, -0.2) is 6.54 Å². The molecule has 0 spiro atoms. The van der Waals surface area contributed by atoms with E-state index in [1.54, 1.807) is 18.2 Å². The summed E-state index contributed by atoms with van der Waals surface area (Å²) in [5.41, 5.74) is 8.72. The molecule has 0 saturated heterocycles. The van der Waals surface area contributed by atoms with Gasteiger partial charge >= 0.3 is 0 Å². The first kappa shape index (κ1) is 11.7. The van der Waals surface area contributed by atoms with E-state index in [9.17, 15) is 0 Å². The maximum Gasteiger partial charge on any atom is 0.0563 e. The van der Waals surface area contributed by atoms with Crippen LogP contribution < -0.4 is 0 Å². The summed E-state index contributed by atoms with van der Waals surface area (Å²) in [5.74, 6) is 5.71. The Labute approximate surface area is 97.6 Å². The lowest BCUT2D eigenvalue weighted by molar-refractivity contribution is 1.01. The number of hydrogen-bond donors (Lipinski definition) is 0. The van der Waals surface area contributed by atoms with Gasteiger partial charge in [-0.1, -0.05) is 40.2 Å². The van der Waals surface area contributed by atoms with Gasteiger partial charge in [-0.3, -0.25) is 0 Å². The molecule has 0 unspecified atom stereocenters. The quantitative estimate of drug-likeness (QED) is 0.246. The first-order chi connectivity index (χ1) is 7.24. The predicted octanol–water partition coefficient (Wildman–Crippen LogP) is 4.05. The van der Waals surface area contributed by atoms with Gasteiger partial charge in [-0.15, -0.1) is 0 Å². The number of benzene rings is 1. The second-order valence-electron chi connectivity index (χ2n) is 2.63. The summed E-state index contributed by atoms with van der Waals surface area (Å²) in [6.07, 6.45) is 0.507. The molecule has 0 bridgehead atoms. The van der Waals surface area contributed by atoms with Crippen molar-refractivity contribution in [1.29, 1.82) is 0 Å². The maximum atomic E-state index is 8.03. The SMILES string of the molecule is [N-]=[N+]=NCCC#Cc1cc(Cl)ccc1Cl. The van der Waals surface area contributed by atoms with Crippen molar-refractivity contribution in [2.75, 3.05) is 6.54 Å². The number of halogens is 2. The van der Waals surface area contributed by atoms with Crippen molar-refractivity contribution >= 4 is 23.2 Å². The van der Waals surface area contributed by atoms with Gasteiger partial charge in [0, 0.05) is 28.5 Å². The van der Waals surface area contributed by atoms with Crippen LogP contribution in [0.25, 0.3) is 10.4 Å². The molecular weight excluding hydrogens is 233 g/mol. The molecule has 5 heteroatoms. The highest BCUT2D eigenvalue weighted by molar-refractivity contribution is 6.33. The third-order valence-electron chi connectivity index (χ3n) is 1.55. The van der Waals surface area contributed by atoms with E-state index in [-0.39, 0.29) is 0 Å². The molecule has 0 saturated carbocycles. The molecule has 0 atom stereocenters. The number of nitrogens with zero attached hydrogens (tertiary/aromatic N) is 3. The normalized spacial score (nSPS) is 8.67. The van der Waals surface area contributed by atoms with Crippen molar-refractivity contribution in [2.24, 2.45) is 5.11 Å². The largest absolute Gasteiger partial charge is 0.0977 e. The van der Waals surface area contributed by atoms with Crippen LogP contribution in [0.1, 0.15) is 12.0 Å². The van der Waals surface area contributed by atoms with Crippen LogP contribution in [0.5, 0.6) is 0 Å². The summed E-state index contributed by atoms with van der Waals surface area (Å²) < 4.78 is 0. The minimum absolute atomic E-state index is 0.363. The Morgan fingerprint density at radius 1 is 1.40 bits per heavy atom. The number of rotatable bonds is 2. The predicted molar refractivity (Wildman–Crippen MR) is 62.0 cm³/mol. The average Bonchev–Trinajstić information content (AvgIpc) is 2.23. The number of azide groups is 1. The van der Waals surface area contributed by atoms with E-state index < -0.39 is 0 Å². The van der Waals surface area contributed by atoms with Gasteiger partial charge in [-0.25, -0.2) is 0 Å². The fraction of sp³-hybridized carbons (Fsp3) is 0.200. The van der Waals surface area contributed by atoms with Gasteiger partial charge in [0.25, 0.3) is 0 Å². The third kappa shape index (κ3) is 4.14. The van der Waals surface area contributed by atoms with Crippen molar-refractivity contribution < 1.29 is 0 Å². The van der Waals surface area contributed by atoms with Crippen LogP contribution in [0, 0.1) is 11.8 Å². The third-order valence-corrected chi connectivity index (χ3v) is 2.12. The second kappa shape index (κ2) is 6.21. The molecule has 0 amide bonds. The molecule has 1 rings (SSSR count). The van der Waals surface area contributed by atoms with Crippen LogP contribution in [-0.2, 0) is 0 Å². The van der Waals surface area contributed by atoms with Crippen LogP contribution in [0.2, 0.25) is 10.0 Å². The molecule has 0 aromatic heterocycles. The zero-order valence-corrected chi connectivity index (χ0v) is 9.26. The van der Waals surface area contributed by atoms with Crippen molar-refractivity contribution in [3.8, 4) is 11.8 Å². The van der Waals surface area contributed by atoms with Gasteiger partial charge in [-0.2, -0.15) is 0 Å². The molecule has 1 aromatic carbocycles. The van der Waals surface area contributed by atoms with Crippen LogP contribution in [0.4, 0.5) is 0 Å². The summed E-state index contributed by atoms with van der Waals surface area (Å²) in [6.45, 7) is 0.363. The maximum absolute atomic E-state index is 8.03. The van der Waals surface area contributed by atoms with Crippen molar-refractivity contribution in [3.05, 3.63) is 44.3 Å². The van der Waals surface area contributed by atoms with Crippen molar-refractivity contribution in [3.63, 3.8) is 0 Å². The highest BCUT2D eigenvalue weighted by atomic mass is 35.5. The summed E-state index contributed by atoms with van der Waals surface area (Å²) in [5, 5.41) is 4.52. The average molecular weight is 240 g/mol. The highest BCUT2D eigenvalue weighted by Crippen LogP contribution is 2.19. The summed E-state index contributed by atoms with van der Waals surface area (Å²) in [4.78, 5) is 2.62. The summed E-state index contributed by atoms with van der Waals surface area (Å²) in [6, 6.07) is 5.10. The molecule has 15 heavy (non-hydrogen) atoms. The second-order valence-corrected chi connectivity index (χ2v) is 3.47. The van der Waals surface area contributed by atoms with E-state index in [1.165, 1.54) is 0 Å². The minimum atomic E-state index is 0.363. The molecule has 1 aromatic rings. The smallest absolute Gasteiger partial charge is 0.0563 e. The van der Waals surface area contributed by atoms with Crippen LogP contribution in [0.15, 0.2) is 23.3 Å². The molecule has 0 heterocycles. The molecule has 0 fully saturated rings. The van der Waals surface area contributed by atoms with E-state index in [0.29, 0.717) is 28.6 Å². The molecule has 0 aliphatic carbocycles. The molecular formula is C10H7Cl2N3. The fourth-order valence-electron chi connectivity index (χ4n) is 0.902. The first-order valence-corrected chi connectivity index (χ1v) is 4.94. The lowest BCUT2D eigenvalue weighted by Crippen LogP contribution is -1.78. The van der Waals surface area contributed by atoms with E-state index in [0.717, 1.165) is 0 Å². The molecule has 0 radical (unpaired) electrons. The Morgan fingerprint density at radius 2 is 2.20 bits per heavy atom. The molecule has 0 aliphatic rings. The lowest BCUT2D eigenvalue weighted by atomic mass is 10.2. The topological polar surface area (TPSA) is 48.8 Å². The van der Waals surface area contributed by atoms with E-state index in [2.05, 4.69) is 21.9 Å². The van der Waals surface area contributed by atoms with Crippen molar-refractivity contribution in [2.45, 2.75) is 6.42 Å². The van der Waals surface area contributed by atoms with E-state index >= 15 is 0 Å². The fourth-order valence-corrected chi connectivity index (χ4v) is 1.24. The lowest BCUT2D eigenvalue weighted by Gasteiger charge is -1.95. The molecule has 3 nitrogen and oxygen atoms in total. The van der Waals surface area contributed by atoms with E-state index in [1.807, 2.05) is 0 Å². The molecule has 0 N–H and O–H groups in total. The summed E-state index contributed by atoms with van der Waals surface area (Å²) >= 11 is 11.7. The Balaban J connectivity index is 2.70. The zero-order valence-electron chi connectivity index (χ0n) is 7.74. The highest BCUT2D eigenvalue weighted by Gasteiger charge is 1.96. The van der Waals surface area contributed by atoms with E-state index in [4.69, 9.17) is 28.7 Å². The Bertz CT molecular complexity index is 453. The zero-order chi connectivity index (χ0) is 11.1. The van der Waals surface area contributed by atoms with Crippen molar-refractivity contribution in [1.82, 2.24) is 0 Å². The number of hydrogen-bond acceptors (Lipinski definition) is 1. The molecule has 0 aliphatic heterocycles. The van der Waals surface area contributed by atoms with Gasteiger partial charge in [0.05, 0.1) is 5.02 Å². The first-order valence-electron chi connectivity index (χ1n) is 4.19. The molecule has 76 valence electrons. The van der Waals surface area contributed by atoms with Gasteiger partial charge in [0.15, 0.2) is 0 Å². The van der Waals surface area contributed by atoms with Gasteiger partial charge in [0.2, 0.25) is 0 Å². The van der Waals surface area contributed by atoms with Crippen LogP contribution in [0.3, 0.4) is 0 Å². The monoisotopic (exact) mass is 239 g/mol. The Morgan fingerprint density at radius 3 is 2.93 bits per heavy atom.